The Kier molecular flexibility index (Phi) is 5.59. The molecule has 0 amide bonds. The highest BCUT2D eigenvalue weighted by Crippen LogP contribution is 2.24. The molecule has 0 fully saturated rings. The highest BCUT2D eigenvalue weighted by atomic mass is 19.4. The number of nitrogens with two attached hydrogens (primary N) is 1. The quantitative estimate of drug-likeness (QED) is 0.898. The zero-order valence-electron chi connectivity index (χ0n) is 12.5. The van der Waals surface area contributed by atoms with Gasteiger partial charge in [-0.1, -0.05) is 17.7 Å². The molecule has 0 aliphatic carbocycles. The van der Waals surface area contributed by atoms with Crippen LogP contribution in [0.5, 0.6) is 0 Å². The predicted molar refractivity (Wildman–Crippen MR) is 75.8 cm³/mol. The van der Waals surface area contributed by atoms with Crippen molar-refractivity contribution in [3.05, 3.63) is 34.4 Å². The van der Waals surface area contributed by atoms with Crippen LogP contribution in [0.2, 0.25) is 0 Å². The van der Waals surface area contributed by atoms with Crippen molar-refractivity contribution in [1.29, 1.82) is 0 Å². The third-order valence-electron chi connectivity index (χ3n) is 3.39. The van der Waals surface area contributed by atoms with Crippen LogP contribution < -0.4 is 5.73 Å². The van der Waals surface area contributed by atoms with Crippen molar-refractivity contribution in [2.75, 3.05) is 20.1 Å². The smallest absolute Gasteiger partial charge is 0.323 e. The van der Waals surface area contributed by atoms with Gasteiger partial charge in [0.2, 0.25) is 0 Å². The molecule has 2 N–H and O–H groups in total. The van der Waals surface area contributed by atoms with Crippen LogP contribution in [0.3, 0.4) is 0 Å². The van der Waals surface area contributed by atoms with Crippen LogP contribution in [0.1, 0.15) is 34.7 Å². The van der Waals surface area contributed by atoms with Crippen molar-refractivity contribution in [3.8, 4) is 0 Å². The molecule has 1 atom stereocenters. The Morgan fingerprint density at radius 1 is 1.15 bits per heavy atom. The number of likely N-dealkylation sites (N-methyl/N-ethyl adjacent to an activating group) is 1. The standard InChI is InChI=1S/C15H23F3N2/c1-10-7-11(2)14(12(3)8-10)13(19)9-20(4)6-5-15(16,17)18/h7-8,13H,5-6,9,19H2,1-4H3. The summed E-state index contributed by atoms with van der Waals surface area (Å²) in [6, 6.07) is 3.84. The first-order chi connectivity index (χ1) is 9.10. The van der Waals surface area contributed by atoms with Crippen LogP contribution in [-0.4, -0.2) is 31.2 Å². The summed E-state index contributed by atoms with van der Waals surface area (Å²) >= 11 is 0. The number of hydrogen-bond acceptors (Lipinski definition) is 2. The molecule has 0 radical (unpaired) electrons. The van der Waals surface area contributed by atoms with Crippen molar-refractivity contribution in [1.82, 2.24) is 4.90 Å². The number of rotatable bonds is 5. The van der Waals surface area contributed by atoms with Gasteiger partial charge in [0, 0.05) is 19.1 Å². The SMILES string of the molecule is Cc1cc(C)c(C(N)CN(C)CCC(F)(F)F)c(C)c1. The fraction of sp³-hybridized carbons (Fsp3) is 0.600. The van der Waals surface area contributed by atoms with Crippen LogP contribution in [0.4, 0.5) is 13.2 Å². The minimum absolute atomic E-state index is 0.0266. The van der Waals surface area contributed by atoms with E-state index in [1.807, 2.05) is 20.8 Å². The van der Waals surface area contributed by atoms with Crippen molar-refractivity contribution in [3.63, 3.8) is 0 Å². The second-order valence-corrected chi connectivity index (χ2v) is 5.55. The lowest BCUT2D eigenvalue weighted by molar-refractivity contribution is -0.137. The Morgan fingerprint density at radius 2 is 1.65 bits per heavy atom. The number of hydrogen-bond donors (Lipinski definition) is 1. The molecule has 114 valence electrons. The van der Waals surface area contributed by atoms with Gasteiger partial charge in [0.05, 0.1) is 6.42 Å². The van der Waals surface area contributed by atoms with Crippen molar-refractivity contribution in [2.45, 2.75) is 39.4 Å². The van der Waals surface area contributed by atoms with Crippen molar-refractivity contribution in [2.24, 2.45) is 5.73 Å². The zero-order chi connectivity index (χ0) is 15.5. The van der Waals surface area contributed by atoms with Crippen LogP contribution in [0.15, 0.2) is 12.1 Å². The van der Waals surface area contributed by atoms with Gasteiger partial charge >= 0.3 is 6.18 Å². The third kappa shape index (κ3) is 5.13. The van der Waals surface area contributed by atoms with E-state index in [9.17, 15) is 13.2 Å². The molecule has 5 heteroatoms. The molecule has 1 rings (SSSR count). The van der Waals surface area contributed by atoms with Crippen molar-refractivity contribution < 1.29 is 13.2 Å². The molecule has 1 aromatic carbocycles. The Hall–Kier alpha value is -1.07. The average Bonchev–Trinajstić information content (AvgIpc) is 2.23. The summed E-state index contributed by atoms with van der Waals surface area (Å²) in [6.07, 6.45) is -4.92. The molecule has 0 spiro atoms. The van der Waals surface area contributed by atoms with Gasteiger partial charge in [-0.2, -0.15) is 13.2 Å². The summed E-state index contributed by atoms with van der Waals surface area (Å²) < 4.78 is 36.6. The van der Waals surface area contributed by atoms with Gasteiger partial charge in [-0.05, 0) is 44.5 Å². The molecular weight excluding hydrogens is 265 g/mol. The van der Waals surface area contributed by atoms with E-state index in [2.05, 4.69) is 12.1 Å². The first-order valence-electron chi connectivity index (χ1n) is 6.69. The summed E-state index contributed by atoms with van der Waals surface area (Å²) in [7, 11) is 1.67. The first-order valence-corrected chi connectivity index (χ1v) is 6.69. The Bertz CT molecular complexity index is 432. The molecule has 0 heterocycles. The van der Waals surface area contributed by atoms with E-state index in [4.69, 9.17) is 5.73 Å². The zero-order valence-corrected chi connectivity index (χ0v) is 12.5. The molecule has 0 aliphatic heterocycles. The second-order valence-electron chi connectivity index (χ2n) is 5.55. The van der Waals surface area contributed by atoms with E-state index < -0.39 is 12.6 Å². The van der Waals surface area contributed by atoms with Crippen molar-refractivity contribution >= 4 is 0 Å². The molecule has 0 saturated carbocycles. The molecule has 1 aromatic rings. The van der Waals surface area contributed by atoms with E-state index >= 15 is 0 Å². The fourth-order valence-electron chi connectivity index (χ4n) is 2.61. The number of nitrogens with zero attached hydrogens (tertiary/aromatic N) is 1. The average molecular weight is 288 g/mol. The van der Waals surface area contributed by atoms with Gasteiger partial charge in [0.25, 0.3) is 0 Å². The Labute approximate surface area is 118 Å². The molecular formula is C15H23F3N2. The lowest BCUT2D eigenvalue weighted by Gasteiger charge is -2.24. The normalized spacial score (nSPS) is 13.8. The predicted octanol–water partition coefficient (Wildman–Crippen LogP) is 3.50. The van der Waals surface area contributed by atoms with Crippen LogP contribution in [-0.2, 0) is 0 Å². The van der Waals surface area contributed by atoms with Gasteiger partial charge in [-0.25, -0.2) is 0 Å². The maximum absolute atomic E-state index is 12.2. The molecule has 0 bridgehead atoms. The second kappa shape index (κ2) is 6.59. The largest absolute Gasteiger partial charge is 0.390 e. The highest BCUT2D eigenvalue weighted by Gasteiger charge is 2.27. The molecule has 2 nitrogen and oxygen atoms in total. The fourth-order valence-corrected chi connectivity index (χ4v) is 2.61. The van der Waals surface area contributed by atoms with Gasteiger partial charge in [0.15, 0.2) is 0 Å². The molecule has 0 aromatic heterocycles. The monoisotopic (exact) mass is 288 g/mol. The number of alkyl halides is 3. The minimum atomic E-state index is -4.12. The van der Waals surface area contributed by atoms with Crippen LogP contribution >= 0.6 is 0 Å². The maximum Gasteiger partial charge on any atom is 0.390 e. The van der Waals surface area contributed by atoms with E-state index in [1.165, 1.54) is 5.56 Å². The van der Waals surface area contributed by atoms with Gasteiger partial charge in [0.1, 0.15) is 0 Å². The molecule has 1 unspecified atom stereocenters. The summed E-state index contributed by atoms with van der Waals surface area (Å²) in [5, 5.41) is 0. The third-order valence-corrected chi connectivity index (χ3v) is 3.39. The Balaban J connectivity index is 2.69. The van der Waals surface area contributed by atoms with E-state index in [-0.39, 0.29) is 12.6 Å². The number of aryl methyl sites for hydroxylation is 3. The van der Waals surface area contributed by atoms with E-state index in [0.29, 0.717) is 6.54 Å². The summed E-state index contributed by atoms with van der Waals surface area (Å²) in [4.78, 5) is 1.64. The lowest BCUT2D eigenvalue weighted by Crippen LogP contribution is -2.32. The first kappa shape index (κ1) is 17.0. The van der Waals surface area contributed by atoms with E-state index in [1.54, 1.807) is 11.9 Å². The highest BCUT2D eigenvalue weighted by molar-refractivity contribution is 5.39. The molecule has 0 saturated heterocycles. The molecule has 20 heavy (non-hydrogen) atoms. The number of halogens is 3. The van der Waals surface area contributed by atoms with Crippen LogP contribution in [0.25, 0.3) is 0 Å². The van der Waals surface area contributed by atoms with Crippen LogP contribution in [0, 0.1) is 20.8 Å². The van der Waals surface area contributed by atoms with Gasteiger partial charge in [-0.3, -0.25) is 0 Å². The summed E-state index contributed by atoms with van der Waals surface area (Å²) in [5.41, 5.74) is 10.6. The number of benzene rings is 1. The van der Waals surface area contributed by atoms with Gasteiger partial charge in [-0.15, -0.1) is 0 Å². The summed E-state index contributed by atoms with van der Waals surface area (Å²) in [6.45, 7) is 6.39. The summed E-state index contributed by atoms with van der Waals surface area (Å²) in [5.74, 6) is 0. The van der Waals surface area contributed by atoms with Gasteiger partial charge < -0.3 is 10.6 Å². The van der Waals surface area contributed by atoms with E-state index in [0.717, 1.165) is 16.7 Å². The lowest BCUT2D eigenvalue weighted by atomic mass is 9.94. The maximum atomic E-state index is 12.2. The molecule has 0 aliphatic rings. The topological polar surface area (TPSA) is 29.3 Å². The minimum Gasteiger partial charge on any atom is -0.323 e. The Morgan fingerprint density at radius 3 is 2.10 bits per heavy atom.